The van der Waals surface area contributed by atoms with Gasteiger partial charge in [0.1, 0.15) is 11.6 Å². The first-order valence-electron chi connectivity index (χ1n) is 3.96. The molecule has 80 valence electrons. The first-order valence-corrected chi connectivity index (χ1v) is 4.34. The van der Waals surface area contributed by atoms with Crippen molar-refractivity contribution in [2.75, 3.05) is 0 Å². The van der Waals surface area contributed by atoms with Crippen LogP contribution in [0.1, 0.15) is 24.9 Å². The molecular weight excluding hydrogens is 231 g/mol. The van der Waals surface area contributed by atoms with Crippen LogP contribution in [0.4, 0.5) is 8.78 Å². The van der Waals surface area contributed by atoms with Crippen molar-refractivity contribution in [2.24, 2.45) is 5.73 Å². The van der Waals surface area contributed by atoms with E-state index >= 15 is 0 Å². The molecule has 0 amide bonds. The van der Waals surface area contributed by atoms with Gasteiger partial charge in [0.25, 0.3) is 0 Å². The van der Waals surface area contributed by atoms with Crippen molar-refractivity contribution in [1.82, 2.24) is 0 Å². The van der Waals surface area contributed by atoms with Gasteiger partial charge < -0.3 is 5.73 Å². The van der Waals surface area contributed by atoms with Crippen LogP contribution in [-0.2, 0) is 0 Å². The molecule has 0 radical (unpaired) electrons. The standard InChI is InChI=1S/C9H10ClF2N.ClH/c1-2-8(13)9-6(11)3-5(10)4-7(9)12;/h3-4,8H,2,13H2,1H3;1H/t8-;/m1./s1. The fraction of sp³-hybridized carbons (Fsp3) is 0.333. The second-order valence-corrected chi connectivity index (χ2v) is 3.23. The van der Waals surface area contributed by atoms with Crippen molar-refractivity contribution in [3.63, 3.8) is 0 Å². The fourth-order valence-electron chi connectivity index (χ4n) is 1.11. The van der Waals surface area contributed by atoms with Gasteiger partial charge in [-0.1, -0.05) is 18.5 Å². The van der Waals surface area contributed by atoms with Crippen molar-refractivity contribution < 1.29 is 8.78 Å². The van der Waals surface area contributed by atoms with E-state index < -0.39 is 17.7 Å². The van der Waals surface area contributed by atoms with E-state index in [1.807, 2.05) is 0 Å². The van der Waals surface area contributed by atoms with Gasteiger partial charge in [-0.25, -0.2) is 8.78 Å². The SMILES string of the molecule is CC[C@@H](N)c1c(F)cc(Cl)cc1F.Cl. The molecule has 0 spiro atoms. The lowest BCUT2D eigenvalue weighted by atomic mass is 10.0. The summed E-state index contributed by atoms with van der Waals surface area (Å²) >= 11 is 5.45. The molecule has 0 aliphatic rings. The minimum atomic E-state index is -0.681. The normalized spacial score (nSPS) is 12.1. The molecule has 0 fully saturated rings. The molecule has 1 nitrogen and oxygen atoms in total. The Kier molecular flexibility index (Phi) is 5.34. The molecular formula is C9H11Cl2F2N. The van der Waals surface area contributed by atoms with Crippen LogP contribution in [0.2, 0.25) is 5.02 Å². The Labute approximate surface area is 92.7 Å². The molecule has 0 aliphatic carbocycles. The highest BCUT2D eigenvalue weighted by molar-refractivity contribution is 6.30. The maximum atomic E-state index is 13.1. The van der Waals surface area contributed by atoms with Gasteiger partial charge in [0.15, 0.2) is 0 Å². The molecule has 5 heteroatoms. The van der Waals surface area contributed by atoms with Gasteiger partial charge in [-0.05, 0) is 18.6 Å². The highest BCUT2D eigenvalue weighted by Crippen LogP contribution is 2.24. The third-order valence-corrected chi connectivity index (χ3v) is 2.07. The van der Waals surface area contributed by atoms with Gasteiger partial charge in [0, 0.05) is 16.6 Å². The summed E-state index contributed by atoms with van der Waals surface area (Å²) in [7, 11) is 0. The lowest BCUT2D eigenvalue weighted by molar-refractivity contribution is 0.520. The van der Waals surface area contributed by atoms with E-state index in [4.69, 9.17) is 17.3 Å². The van der Waals surface area contributed by atoms with Crippen molar-refractivity contribution in [3.05, 3.63) is 34.4 Å². The minimum Gasteiger partial charge on any atom is -0.324 e. The van der Waals surface area contributed by atoms with Crippen LogP contribution < -0.4 is 5.73 Å². The molecule has 1 rings (SSSR count). The van der Waals surface area contributed by atoms with Gasteiger partial charge in [0.2, 0.25) is 0 Å². The zero-order valence-electron chi connectivity index (χ0n) is 7.56. The minimum absolute atomic E-state index is 0. The largest absolute Gasteiger partial charge is 0.324 e. The van der Waals surface area contributed by atoms with Gasteiger partial charge >= 0.3 is 0 Å². The van der Waals surface area contributed by atoms with Crippen LogP contribution in [-0.4, -0.2) is 0 Å². The molecule has 0 saturated heterocycles. The number of nitrogens with two attached hydrogens (primary N) is 1. The molecule has 0 aromatic heterocycles. The number of benzene rings is 1. The first-order chi connectivity index (χ1) is 6.06. The first kappa shape index (κ1) is 13.6. The smallest absolute Gasteiger partial charge is 0.132 e. The summed E-state index contributed by atoms with van der Waals surface area (Å²) in [6.07, 6.45) is 0.482. The predicted octanol–water partition coefficient (Wildman–Crippen LogP) is 3.45. The monoisotopic (exact) mass is 241 g/mol. The molecule has 1 aromatic carbocycles. The zero-order valence-corrected chi connectivity index (χ0v) is 9.13. The van der Waals surface area contributed by atoms with Crippen LogP contribution in [0.3, 0.4) is 0 Å². The summed E-state index contributed by atoms with van der Waals surface area (Å²) in [5.74, 6) is -1.36. The van der Waals surface area contributed by atoms with E-state index in [0.717, 1.165) is 12.1 Å². The summed E-state index contributed by atoms with van der Waals surface area (Å²) in [4.78, 5) is 0. The summed E-state index contributed by atoms with van der Waals surface area (Å²) in [6, 6.07) is 1.52. The highest BCUT2D eigenvalue weighted by Gasteiger charge is 2.15. The van der Waals surface area contributed by atoms with E-state index in [-0.39, 0.29) is 23.0 Å². The van der Waals surface area contributed by atoms with Crippen molar-refractivity contribution in [1.29, 1.82) is 0 Å². The summed E-state index contributed by atoms with van der Waals surface area (Å²) in [6.45, 7) is 1.76. The van der Waals surface area contributed by atoms with Crippen LogP contribution in [0.5, 0.6) is 0 Å². The highest BCUT2D eigenvalue weighted by atomic mass is 35.5. The van der Waals surface area contributed by atoms with Crippen LogP contribution in [0.25, 0.3) is 0 Å². The molecule has 1 atom stereocenters. The number of rotatable bonds is 2. The second kappa shape index (κ2) is 5.49. The van der Waals surface area contributed by atoms with Gasteiger partial charge in [-0.3, -0.25) is 0 Å². The predicted molar refractivity (Wildman–Crippen MR) is 55.8 cm³/mol. The van der Waals surface area contributed by atoms with Gasteiger partial charge in [-0.15, -0.1) is 12.4 Å². The molecule has 2 N–H and O–H groups in total. The van der Waals surface area contributed by atoms with E-state index in [1.54, 1.807) is 6.92 Å². The van der Waals surface area contributed by atoms with Gasteiger partial charge in [-0.2, -0.15) is 0 Å². The average Bonchev–Trinajstić information content (AvgIpc) is 2.02. The Balaban J connectivity index is 0.00000169. The molecule has 0 bridgehead atoms. The zero-order chi connectivity index (χ0) is 10.0. The molecule has 1 aromatic rings. The fourth-order valence-corrected chi connectivity index (χ4v) is 1.30. The van der Waals surface area contributed by atoms with Gasteiger partial charge in [0.05, 0.1) is 0 Å². The van der Waals surface area contributed by atoms with E-state index in [1.165, 1.54) is 0 Å². The lowest BCUT2D eigenvalue weighted by Crippen LogP contribution is -2.13. The lowest BCUT2D eigenvalue weighted by Gasteiger charge is -2.11. The summed E-state index contributed by atoms with van der Waals surface area (Å²) < 4.78 is 26.3. The second-order valence-electron chi connectivity index (χ2n) is 2.80. The summed E-state index contributed by atoms with van der Waals surface area (Å²) in [5.41, 5.74) is 5.43. The van der Waals surface area contributed by atoms with Crippen molar-refractivity contribution in [3.8, 4) is 0 Å². The summed E-state index contributed by atoms with van der Waals surface area (Å²) in [5, 5.41) is 0.0436. The Morgan fingerprint density at radius 2 is 1.79 bits per heavy atom. The van der Waals surface area contributed by atoms with E-state index in [2.05, 4.69) is 0 Å². The quantitative estimate of drug-likeness (QED) is 0.844. The van der Waals surface area contributed by atoms with E-state index in [0.29, 0.717) is 6.42 Å². The molecule has 0 heterocycles. The average molecular weight is 242 g/mol. The van der Waals surface area contributed by atoms with Crippen molar-refractivity contribution in [2.45, 2.75) is 19.4 Å². The number of halogens is 4. The Hall–Kier alpha value is -0.380. The van der Waals surface area contributed by atoms with Crippen LogP contribution in [0, 0.1) is 11.6 Å². The number of hydrogen-bond acceptors (Lipinski definition) is 1. The molecule has 14 heavy (non-hydrogen) atoms. The number of hydrogen-bond donors (Lipinski definition) is 1. The maximum Gasteiger partial charge on any atom is 0.132 e. The Morgan fingerprint density at radius 3 is 2.14 bits per heavy atom. The topological polar surface area (TPSA) is 26.0 Å². The maximum absolute atomic E-state index is 13.1. The van der Waals surface area contributed by atoms with Crippen LogP contribution in [0.15, 0.2) is 12.1 Å². The molecule has 0 unspecified atom stereocenters. The third kappa shape index (κ3) is 2.80. The molecule has 0 saturated carbocycles. The molecule has 0 aliphatic heterocycles. The van der Waals surface area contributed by atoms with Crippen molar-refractivity contribution >= 4 is 24.0 Å². The van der Waals surface area contributed by atoms with E-state index in [9.17, 15) is 8.78 Å². The van der Waals surface area contributed by atoms with Crippen LogP contribution >= 0.6 is 24.0 Å². The Bertz CT molecular complexity index is 295. The Morgan fingerprint density at radius 1 is 1.36 bits per heavy atom. The third-order valence-electron chi connectivity index (χ3n) is 1.85.